The topological polar surface area (TPSA) is 17.1 Å². The van der Waals surface area contributed by atoms with Gasteiger partial charge in [0.1, 0.15) is 11.6 Å². The second kappa shape index (κ2) is 9.03. The molecule has 0 saturated heterocycles. The average molecular weight is 449 g/mol. The summed E-state index contributed by atoms with van der Waals surface area (Å²) in [6.45, 7) is 1.57. The lowest BCUT2D eigenvalue weighted by Gasteiger charge is -2.12. The first-order chi connectivity index (χ1) is 16.5. The first-order valence-corrected chi connectivity index (χ1v) is 11.2. The summed E-state index contributed by atoms with van der Waals surface area (Å²) in [6.07, 6.45) is 2.77. The molecule has 4 aromatic rings. The van der Waals surface area contributed by atoms with E-state index in [1.165, 1.54) is 24.3 Å². The number of carbonyl (C=O) groups is 1. The zero-order chi connectivity index (χ0) is 23.7. The number of Topliss-reactive ketones (excluding diaryl/α,β-unsaturated/α-hetero) is 1. The number of carbonyl (C=O) groups excluding carboxylic acids is 1. The van der Waals surface area contributed by atoms with Crippen LogP contribution in [0.4, 0.5) is 8.78 Å². The van der Waals surface area contributed by atoms with Gasteiger partial charge in [-0.05, 0) is 94.3 Å². The van der Waals surface area contributed by atoms with Gasteiger partial charge in [0, 0.05) is 5.56 Å². The van der Waals surface area contributed by atoms with Crippen molar-refractivity contribution in [3.05, 3.63) is 154 Å². The summed E-state index contributed by atoms with van der Waals surface area (Å²) in [6, 6.07) is 28.7. The van der Waals surface area contributed by atoms with Crippen LogP contribution >= 0.6 is 0 Å². The minimum absolute atomic E-state index is 0.0337. The Labute approximate surface area is 197 Å². The fourth-order valence-corrected chi connectivity index (χ4v) is 4.50. The third kappa shape index (κ3) is 4.25. The molecule has 1 aliphatic rings. The summed E-state index contributed by atoms with van der Waals surface area (Å²) in [5, 5.41) is 0. The normalized spacial score (nSPS) is 12.4. The highest BCUT2D eigenvalue weighted by Gasteiger charge is 2.23. The fourth-order valence-electron chi connectivity index (χ4n) is 4.50. The molecule has 0 unspecified atom stereocenters. The minimum Gasteiger partial charge on any atom is -0.295 e. The van der Waals surface area contributed by atoms with E-state index in [4.69, 9.17) is 0 Å². The highest BCUT2D eigenvalue weighted by molar-refractivity contribution is 5.97. The maximum absolute atomic E-state index is 13.7. The lowest BCUT2D eigenvalue weighted by Crippen LogP contribution is -1.95. The molecule has 0 heterocycles. The van der Waals surface area contributed by atoms with Gasteiger partial charge < -0.3 is 0 Å². The molecule has 0 saturated carbocycles. The monoisotopic (exact) mass is 448 g/mol. The van der Waals surface area contributed by atoms with Gasteiger partial charge >= 0.3 is 0 Å². The third-order valence-corrected chi connectivity index (χ3v) is 6.17. The Morgan fingerprint density at radius 2 is 1.29 bits per heavy atom. The molecule has 0 N–H and O–H groups in total. The smallest absolute Gasteiger partial charge is 0.159 e. The van der Waals surface area contributed by atoms with Crippen LogP contribution in [0.1, 0.15) is 45.1 Å². The molecule has 0 fully saturated rings. The number of allylic oxidation sites excluding steroid dienone is 2. The molecule has 5 rings (SSSR count). The van der Waals surface area contributed by atoms with Crippen molar-refractivity contribution in [3.63, 3.8) is 0 Å². The molecular weight excluding hydrogens is 426 g/mol. The molecule has 0 aromatic heterocycles. The zero-order valence-electron chi connectivity index (χ0n) is 18.7. The maximum Gasteiger partial charge on any atom is 0.159 e. The van der Waals surface area contributed by atoms with Crippen LogP contribution in [-0.2, 0) is 6.42 Å². The second-order valence-electron chi connectivity index (χ2n) is 8.44. The number of rotatable bonds is 5. The predicted molar refractivity (Wildman–Crippen MR) is 132 cm³/mol. The van der Waals surface area contributed by atoms with Gasteiger partial charge in [0.15, 0.2) is 5.78 Å². The summed E-state index contributed by atoms with van der Waals surface area (Å²) in [5.41, 5.74) is 8.72. The summed E-state index contributed by atoms with van der Waals surface area (Å²) < 4.78 is 27.3. The Kier molecular flexibility index (Phi) is 5.77. The molecule has 3 heteroatoms. The van der Waals surface area contributed by atoms with Crippen molar-refractivity contribution >= 4 is 16.9 Å². The van der Waals surface area contributed by atoms with Gasteiger partial charge in [-0.25, -0.2) is 8.78 Å². The molecule has 1 nitrogen and oxygen atoms in total. The van der Waals surface area contributed by atoms with Gasteiger partial charge in [-0.15, -0.1) is 0 Å². The number of fused-ring (bicyclic) bond motifs is 1. The summed E-state index contributed by atoms with van der Waals surface area (Å²) >= 11 is 0. The Morgan fingerprint density at radius 1 is 0.735 bits per heavy atom. The van der Waals surface area contributed by atoms with Crippen LogP contribution in [0.3, 0.4) is 0 Å². The van der Waals surface area contributed by atoms with E-state index in [9.17, 15) is 13.6 Å². The first-order valence-electron chi connectivity index (χ1n) is 11.2. The number of hydrogen-bond donors (Lipinski definition) is 0. The SMILES string of the molecule is CC(=O)c1ccc2c(c1)CC(C=C(c1ccc(F)cc1)c1ccc(F)cc1)=C2c1ccccc1. The summed E-state index contributed by atoms with van der Waals surface area (Å²) in [7, 11) is 0. The first kappa shape index (κ1) is 21.7. The Hall–Kier alpha value is -4.11. The largest absolute Gasteiger partial charge is 0.295 e. The summed E-state index contributed by atoms with van der Waals surface area (Å²) in [5.74, 6) is -0.584. The molecule has 0 aliphatic heterocycles. The zero-order valence-corrected chi connectivity index (χ0v) is 18.7. The van der Waals surface area contributed by atoms with E-state index < -0.39 is 0 Å². The lowest BCUT2D eigenvalue weighted by molar-refractivity contribution is 0.101. The van der Waals surface area contributed by atoms with Crippen molar-refractivity contribution in [1.29, 1.82) is 0 Å². The molecule has 0 spiro atoms. The Morgan fingerprint density at radius 3 is 1.85 bits per heavy atom. The number of hydrogen-bond acceptors (Lipinski definition) is 1. The van der Waals surface area contributed by atoms with Gasteiger partial charge in [0.2, 0.25) is 0 Å². The van der Waals surface area contributed by atoms with Crippen molar-refractivity contribution < 1.29 is 13.6 Å². The number of benzene rings is 4. The molecule has 0 bridgehead atoms. The van der Waals surface area contributed by atoms with Crippen LogP contribution in [-0.4, -0.2) is 5.78 Å². The van der Waals surface area contributed by atoms with Crippen LogP contribution in [0.5, 0.6) is 0 Å². The van der Waals surface area contributed by atoms with Crippen LogP contribution in [0.15, 0.2) is 109 Å². The number of halogens is 2. The van der Waals surface area contributed by atoms with Crippen LogP contribution < -0.4 is 0 Å². The van der Waals surface area contributed by atoms with E-state index in [0.717, 1.165) is 44.5 Å². The number of ketones is 1. The van der Waals surface area contributed by atoms with Crippen LogP contribution in [0.25, 0.3) is 11.1 Å². The molecule has 34 heavy (non-hydrogen) atoms. The fraction of sp³-hybridized carbons (Fsp3) is 0.0645. The third-order valence-electron chi connectivity index (χ3n) is 6.17. The van der Waals surface area contributed by atoms with E-state index >= 15 is 0 Å². The highest BCUT2D eigenvalue weighted by Crippen LogP contribution is 2.40. The highest BCUT2D eigenvalue weighted by atomic mass is 19.1. The van der Waals surface area contributed by atoms with Crippen LogP contribution in [0.2, 0.25) is 0 Å². The summed E-state index contributed by atoms with van der Waals surface area (Å²) in [4.78, 5) is 12.0. The standard InChI is InChI=1S/C31H22F2O/c1-20(34)24-11-16-29-25(17-24)18-26(31(29)23-5-3-2-4-6-23)19-30(21-7-12-27(32)13-8-21)22-9-14-28(33)15-10-22/h2-17,19H,18H2,1H3. The average Bonchev–Trinajstić information content (AvgIpc) is 3.21. The Bertz CT molecular complexity index is 1380. The molecule has 166 valence electrons. The van der Waals surface area contributed by atoms with Crippen molar-refractivity contribution in [2.45, 2.75) is 13.3 Å². The molecule has 0 amide bonds. The quantitative estimate of drug-likeness (QED) is 0.287. The molecule has 0 atom stereocenters. The lowest BCUT2D eigenvalue weighted by atomic mass is 9.92. The van der Waals surface area contributed by atoms with Crippen LogP contribution in [0, 0.1) is 11.6 Å². The second-order valence-corrected chi connectivity index (χ2v) is 8.44. The van der Waals surface area contributed by atoms with Gasteiger partial charge in [-0.2, -0.15) is 0 Å². The van der Waals surface area contributed by atoms with Crippen molar-refractivity contribution in [3.8, 4) is 0 Å². The molecular formula is C31H22F2O. The van der Waals surface area contributed by atoms with Gasteiger partial charge in [0.05, 0.1) is 0 Å². The van der Waals surface area contributed by atoms with Gasteiger partial charge in [-0.3, -0.25) is 4.79 Å². The predicted octanol–water partition coefficient (Wildman–Crippen LogP) is 7.66. The van der Waals surface area contributed by atoms with E-state index in [0.29, 0.717) is 12.0 Å². The van der Waals surface area contributed by atoms with E-state index in [1.54, 1.807) is 31.2 Å². The molecule has 1 aliphatic carbocycles. The van der Waals surface area contributed by atoms with Crippen molar-refractivity contribution in [2.24, 2.45) is 0 Å². The molecule has 0 radical (unpaired) electrons. The minimum atomic E-state index is -0.309. The Balaban J connectivity index is 1.72. The molecule has 4 aromatic carbocycles. The maximum atomic E-state index is 13.7. The van der Waals surface area contributed by atoms with Crippen molar-refractivity contribution in [1.82, 2.24) is 0 Å². The van der Waals surface area contributed by atoms with Gasteiger partial charge in [-0.1, -0.05) is 66.7 Å². The van der Waals surface area contributed by atoms with Gasteiger partial charge in [0.25, 0.3) is 0 Å². The van der Waals surface area contributed by atoms with E-state index in [1.807, 2.05) is 36.4 Å². The van der Waals surface area contributed by atoms with E-state index in [-0.39, 0.29) is 17.4 Å². The van der Waals surface area contributed by atoms with Crippen molar-refractivity contribution in [2.75, 3.05) is 0 Å². The van der Waals surface area contributed by atoms with E-state index in [2.05, 4.69) is 18.2 Å².